The summed E-state index contributed by atoms with van der Waals surface area (Å²) < 4.78 is 11.8. The number of rotatable bonds is 2. The van der Waals surface area contributed by atoms with E-state index in [0.29, 0.717) is 0 Å². The van der Waals surface area contributed by atoms with Crippen LogP contribution in [-0.2, 0) is 0 Å². The van der Waals surface area contributed by atoms with E-state index in [1.165, 1.54) is 82.2 Å². The molecule has 3 heterocycles. The molecule has 0 saturated heterocycles. The fraction of sp³-hybridized carbons (Fsp3) is 0. The summed E-state index contributed by atoms with van der Waals surface area (Å²) in [7, 11) is 0. The smallest absolute Gasteiger partial charge is 0.145 e. The molecule has 0 unspecified atom stereocenters. The number of hydrogen-bond donors (Lipinski definition) is 0. The molecule has 3 nitrogen and oxygen atoms in total. The summed E-state index contributed by atoms with van der Waals surface area (Å²) >= 11 is 0. The fourth-order valence-electron chi connectivity index (χ4n) is 9.68. The number of nitrogens with zero attached hydrogens (tertiary/aromatic N) is 2. The summed E-state index contributed by atoms with van der Waals surface area (Å²) in [5.74, 6) is 0. The third kappa shape index (κ3) is 3.44. The van der Waals surface area contributed by atoms with Crippen LogP contribution in [0.3, 0.4) is 0 Å². The van der Waals surface area contributed by atoms with Gasteiger partial charge in [-0.2, -0.15) is 0 Å². The van der Waals surface area contributed by atoms with Crippen LogP contribution in [0.2, 0.25) is 0 Å². The third-order valence-electron chi connectivity index (χ3n) is 11.8. The predicted octanol–water partition coefficient (Wildman–Crippen LogP) is 13.7. The Morgan fingerprint density at radius 1 is 0.358 bits per heavy atom. The van der Waals surface area contributed by atoms with Crippen LogP contribution < -0.4 is 0 Å². The average Bonchev–Trinajstić information content (AvgIpc) is 3.95. The standard InChI is InChI=1S/C50H28N2O/c1-2-14-32-29(11-1)12-10-21-41(32)52-42-20-7-5-18-38(42)47-43(52)26-24-39-48-44(25-23-37-35-17-6-8-22-45(35)53-50(37)48)51(49(39)47)31-27-30-13-9-19-36-33-15-3-4-16-34(33)40(28-31)46(30)36/h1-28H. The molecule has 0 aliphatic heterocycles. The monoisotopic (exact) mass is 672 g/mol. The molecule has 0 spiro atoms. The molecule has 0 saturated carbocycles. The van der Waals surface area contributed by atoms with Crippen LogP contribution in [0, 0.1) is 0 Å². The van der Waals surface area contributed by atoms with E-state index in [0.717, 1.165) is 38.5 Å². The zero-order chi connectivity index (χ0) is 34.4. The Balaban J connectivity index is 1.25. The molecule has 12 aromatic rings. The van der Waals surface area contributed by atoms with Gasteiger partial charge in [0.05, 0.1) is 33.1 Å². The van der Waals surface area contributed by atoms with E-state index in [-0.39, 0.29) is 0 Å². The van der Waals surface area contributed by atoms with Gasteiger partial charge in [0.25, 0.3) is 0 Å². The van der Waals surface area contributed by atoms with E-state index in [1.807, 2.05) is 0 Å². The van der Waals surface area contributed by atoms with Gasteiger partial charge in [-0.05, 0) is 93.0 Å². The highest BCUT2D eigenvalue weighted by molar-refractivity contribution is 6.31. The van der Waals surface area contributed by atoms with E-state index < -0.39 is 0 Å². The van der Waals surface area contributed by atoms with Crippen molar-refractivity contribution in [2.45, 2.75) is 0 Å². The van der Waals surface area contributed by atoms with Gasteiger partial charge in [0.1, 0.15) is 11.2 Å². The first kappa shape index (κ1) is 27.6. The minimum Gasteiger partial charge on any atom is -0.455 e. The number of para-hydroxylation sites is 2. The molecule has 0 radical (unpaired) electrons. The molecule has 3 heteroatoms. The Morgan fingerprint density at radius 2 is 1.02 bits per heavy atom. The summed E-state index contributed by atoms with van der Waals surface area (Å²) in [5, 5.41) is 12.1. The van der Waals surface area contributed by atoms with Gasteiger partial charge in [-0.15, -0.1) is 0 Å². The first-order valence-electron chi connectivity index (χ1n) is 18.3. The van der Waals surface area contributed by atoms with E-state index in [4.69, 9.17) is 4.42 Å². The zero-order valence-electron chi connectivity index (χ0n) is 28.5. The zero-order valence-corrected chi connectivity index (χ0v) is 28.5. The number of fused-ring (bicyclic) bond motifs is 15. The van der Waals surface area contributed by atoms with Crippen molar-refractivity contribution in [2.24, 2.45) is 0 Å². The van der Waals surface area contributed by atoms with Crippen molar-refractivity contribution >= 4 is 87.1 Å². The second kappa shape index (κ2) is 9.81. The van der Waals surface area contributed by atoms with Crippen molar-refractivity contribution in [3.8, 4) is 33.6 Å². The normalized spacial score (nSPS) is 12.5. The Kier molecular flexibility index (Phi) is 5.11. The van der Waals surface area contributed by atoms with Gasteiger partial charge in [0, 0.05) is 38.0 Å². The summed E-state index contributed by atoms with van der Waals surface area (Å²) in [6, 6.07) is 62.2. The van der Waals surface area contributed by atoms with Crippen LogP contribution in [0.4, 0.5) is 0 Å². The van der Waals surface area contributed by atoms with Crippen LogP contribution in [0.15, 0.2) is 174 Å². The number of hydrogen-bond acceptors (Lipinski definition) is 1. The first-order chi connectivity index (χ1) is 26.3. The Hall–Kier alpha value is -7.10. The van der Waals surface area contributed by atoms with Crippen LogP contribution in [0.1, 0.15) is 0 Å². The fourth-order valence-corrected chi connectivity index (χ4v) is 9.68. The first-order valence-corrected chi connectivity index (χ1v) is 18.3. The van der Waals surface area contributed by atoms with Crippen LogP contribution >= 0.6 is 0 Å². The third-order valence-corrected chi connectivity index (χ3v) is 11.8. The van der Waals surface area contributed by atoms with Gasteiger partial charge in [-0.3, -0.25) is 0 Å². The molecule has 0 amide bonds. The minimum atomic E-state index is 0.910. The lowest BCUT2D eigenvalue weighted by molar-refractivity contribution is 0.673. The van der Waals surface area contributed by atoms with Crippen molar-refractivity contribution in [3.63, 3.8) is 0 Å². The molecule has 1 aliphatic carbocycles. The maximum absolute atomic E-state index is 6.80. The molecule has 0 bridgehead atoms. The molecule has 53 heavy (non-hydrogen) atoms. The lowest BCUT2D eigenvalue weighted by Gasteiger charge is -2.13. The van der Waals surface area contributed by atoms with Crippen LogP contribution in [0.25, 0.3) is 121 Å². The number of benzene rings is 9. The highest BCUT2D eigenvalue weighted by Gasteiger charge is 2.26. The summed E-state index contributed by atoms with van der Waals surface area (Å²) in [6.45, 7) is 0. The molecular formula is C50H28N2O. The molecule has 3 aromatic heterocycles. The highest BCUT2D eigenvalue weighted by atomic mass is 16.3. The molecule has 0 N–H and O–H groups in total. The largest absolute Gasteiger partial charge is 0.455 e. The summed E-state index contributed by atoms with van der Waals surface area (Å²) in [6.07, 6.45) is 0. The summed E-state index contributed by atoms with van der Waals surface area (Å²) in [4.78, 5) is 0. The molecule has 1 aliphatic rings. The Bertz CT molecular complexity index is 3570. The van der Waals surface area contributed by atoms with Crippen LogP contribution in [-0.4, -0.2) is 9.13 Å². The van der Waals surface area contributed by atoms with E-state index in [9.17, 15) is 0 Å². The van der Waals surface area contributed by atoms with Crippen molar-refractivity contribution < 1.29 is 4.42 Å². The van der Waals surface area contributed by atoms with Gasteiger partial charge in [0.15, 0.2) is 0 Å². The lowest BCUT2D eigenvalue weighted by atomic mass is 10.0. The topological polar surface area (TPSA) is 23.0 Å². The Labute approximate surface area is 303 Å². The molecule has 13 rings (SSSR count). The van der Waals surface area contributed by atoms with Gasteiger partial charge in [-0.25, -0.2) is 0 Å². The van der Waals surface area contributed by atoms with E-state index in [2.05, 4.69) is 179 Å². The predicted molar refractivity (Wildman–Crippen MR) is 222 cm³/mol. The molecule has 0 atom stereocenters. The SMILES string of the molecule is c1ccc2c(c1)-c1cccc3cc(-n4c5ccc6c7ccccc7oc6c5c5ccc6c(c7ccccc7n6-c6cccc7ccccc67)c54)cc-2c13. The number of furan rings is 1. The van der Waals surface area contributed by atoms with Crippen LogP contribution in [0.5, 0.6) is 0 Å². The van der Waals surface area contributed by atoms with E-state index in [1.54, 1.807) is 0 Å². The second-order valence-electron chi connectivity index (χ2n) is 14.4. The van der Waals surface area contributed by atoms with Gasteiger partial charge in [0.2, 0.25) is 0 Å². The second-order valence-corrected chi connectivity index (χ2v) is 14.4. The highest BCUT2D eigenvalue weighted by Crippen LogP contribution is 2.50. The molecular weight excluding hydrogens is 645 g/mol. The van der Waals surface area contributed by atoms with Gasteiger partial charge >= 0.3 is 0 Å². The maximum Gasteiger partial charge on any atom is 0.145 e. The lowest BCUT2D eigenvalue weighted by Crippen LogP contribution is -1.96. The average molecular weight is 673 g/mol. The van der Waals surface area contributed by atoms with Gasteiger partial charge in [-0.1, -0.05) is 115 Å². The Morgan fingerprint density at radius 3 is 1.92 bits per heavy atom. The van der Waals surface area contributed by atoms with Gasteiger partial charge < -0.3 is 13.6 Å². The van der Waals surface area contributed by atoms with E-state index >= 15 is 0 Å². The molecule has 244 valence electrons. The number of aromatic nitrogens is 2. The molecule has 9 aromatic carbocycles. The quantitative estimate of drug-likeness (QED) is 0.179. The van der Waals surface area contributed by atoms with Crippen molar-refractivity contribution in [3.05, 3.63) is 170 Å². The van der Waals surface area contributed by atoms with Crippen molar-refractivity contribution in [1.29, 1.82) is 0 Å². The molecule has 0 fully saturated rings. The summed E-state index contributed by atoms with van der Waals surface area (Å²) in [5.41, 5.74) is 14.0. The van der Waals surface area contributed by atoms with Crippen molar-refractivity contribution in [1.82, 2.24) is 9.13 Å². The minimum absolute atomic E-state index is 0.910. The maximum atomic E-state index is 6.80. The van der Waals surface area contributed by atoms with Crippen molar-refractivity contribution in [2.75, 3.05) is 0 Å².